The van der Waals surface area contributed by atoms with Crippen LogP contribution in [-0.4, -0.2) is 35.3 Å². The van der Waals surface area contributed by atoms with Gasteiger partial charge in [0.1, 0.15) is 46.2 Å². The highest BCUT2D eigenvalue weighted by atomic mass is 16.5. The Morgan fingerprint density at radius 1 is 0.905 bits per heavy atom. The number of ketones is 1. The first kappa shape index (κ1) is 28.6. The Morgan fingerprint density at radius 3 is 2.21 bits per heavy atom. The molecular weight excluding hydrogens is 532 g/mol. The third-order valence-corrected chi connectivity index (χ3v) is 7.62. The van der Waals surface area contributed by atoms with Crippen LogP contribution in [0.1, 0.15) is 51.6 Å². The van der Waals surface area contributed by atoms with Crippen LogP contribution in [0, 0.1) is 5.92 Å². The van der Waals surface area contributed by atoms with Crippen molar-refractivity contribution in [2.45, 2.75) is 31.8 Å². The number of aryl methyl sites for hydroxylation is 1. The summed E-state index contributed by atoms with van der Waals surface area (Å²) in [7, 11) is 3.14. The third kappa shape index (κ3) is 6.36. The molecule has 0 fully saturated rings. The lowest BCUT2D eigenvalue weighted by molar-refractivity contribution is 0.0933. The predicted octanol–water partition coefficient (Wildman–Crippen LogP) is 7.03. The average molecular weight is 567 g/mol. The van der Waals surface area contributed by atoms with Crippen molar-refractivity contribution in [3.8, 4) is 34.5 Å². The molecule has 1 heterocycles. The Hall–Kier alpha value is -4.91. The highest BCUT2D eigenvalue weighted by Crippen LogP contribution is 2.49. The van der Waals surface area contributed by atoms with E-state index in [0.717, 1.165) is 28.0 Å². The minimum atomic E-state index is -0.442. The number of rotatable bonds is 10. The van der Waals surface area contributed by atoms with Crippen LogP contribution in [0.3, 0.4) is 0 Å². The molecular formula is C35H34O7. The number of fused-ring (bicyclic) bond motifs is 1. The van der Waals surface area contributed by atoms with Gasteiger partial charge >= 0.3 is 0 Å². The Labute approximate surface area is 245 Å². The van der Waals surface area contributed by atoms with E-state index < -0.39 is 6.10 Å². The highest BCUT2D eigenvalue weighted by molar-refractivity contribution is 6.02. The summed E-state index contributed by atoms with van der Waals surface area (Å²) in [5.41, 5.74) is 3.68. The molecule has 4 aromatic rings. The number of methoxy groups -OCH3 is 2. The van der Waals surface area contributed by atoms with Crippen molar-refractivity contribution in [2.24, 2.45) is 5.92 Å². The van der Waals surface area contributed by atoms with Gasteiger partial charge in [-0.3, -0.25) is 4.79 Å². The molecule has 216 valence electrons. The fourth-order valence-corrected chi connectivity index (χ4v) is 5.38. The van der Waals surface area contributed by atoms with Gasteiger partial charge in [-0.05, 0) is 72.4 Å². The molecule has 1 aliphatic heterocycles. The van der Waals surface area contributed by atoms with Gasteiger partial charge < -0.3 is 29.5 Å². The van der Waals surface area contributed by atoms with E-state index in [-0.39, 0.29) is 40.9 Å². The Kier molecular flexibility index (Phi) is 8.67. The smallest absolute Gasteiger partial charge is 0.170 e. The number of hydrogen-bond acceptors (Lipinski definition) is 7. The van der Waals surface area contributed by atoms with Gasteiger partial charge in [-0.15, -0.1) is 0 Å². The summed E-state index contributed by atoms with van der Waals surface area (Å²) in [4.78, 5) is 13.6. The first-order chi connectivity index (χ1) is 20.4. The first-order valence-electron chi connectivity index (χ1n) is 13.9. The fraction of sp³-hybridized carbons (Fsp3) is 0.229. The Morgan fingerprint density at radius 2 is 1.57 bits per heavy atom. The summed E-state index contributed by atoms with van der Waals surface area (Å²) in [5.74, 6) is 1.46. The molecule has 0 amide bonds. The van der Waals surface area contributed by atoms with Crippen molar-refractivity contribution in [1.82, 2.24) is 0 Å². The molecule has 0 aromatic heterocycles. The van der Waals surface area contributed by atoms with E-state index in [0.29, 0.717) is 30.8 Å². The van der Waals surface area contributed by atoms with Gasteiger partial charge in [0.2, 0.25) is 0 Å². The van der Waals surface area contributed by atoms with Crippen molar-refractivity contribution >= 4 is 11.9 Å². The molecule has 0 spiro atoms. The molecule has 2 unspecified atom stereocenters. The summed E-state index contributed by atoms with van der Waals surface area (Å²) in [6.45, 7) is 0. The van der Waals surface area contributed by atoms with E-state index in [9.17, 15) is 20.1 Å². The lowest BCUT2D eigenvalue weighted by Gasteiger charge is -2.35. The van der Waals surface area contributed by atoms with Crippen molar-refractivity contribution in [3.05, 3.63) is 113 Å². The quantitative estimate of drug-likeness (QED) is 0.177. The van der Waals surface area contributed by atoms with Gasteiger partial charge in [-0.25, -0.2) is 0 Å². The van der Waals surface area contributed by atoms with Crippen LogP contribution in [0.15, 0.2) is 84.9 Å². The monoisotopic (exact) mass is 566 g/mol. The van der Waals surface area contributed by atoms with E-state index >= 15 is 0 Å². The molecule has 42 heavy (non-hydrogen) atoms. The number of phenols is 3. The molecule has 0 saturated carbocycles. The molecule has 2 atom stereocenters. The molecule has 7 nitrogen and oxygen atoms in total. The number of allylic oxidation sites excluding steroid dienone is 1. The number of phenolic OH excluding ortho intramolecular Hbond substituents is 3. The fourth-order valence-electron chi connectivity index (χ4n) is 5.38. The lowest BCUT2D eigenvalue weighted by atomic mass is 9.82. The summed E-state index contributed by atoms with van der Waals surface area (Å²) < 4.78 is 17.5. The van der Waals surface area contributed by atoms with Crippen LogP contribution < -0.4 is 14.2 Å². The number of carbonyl (C=O) groups is 1. The molecule has 0 radical (unpaired) electrons. The van der Waals surface area contributed by atoms with Crippen LogP contribution in [0.2, 0.25) is 0 Å². The molecule has 4 aromatic carbocycles. The zero-order valence-electron chi connectivity index (χ0n) is 23.6. The van der Waals surface area contributed by atoms with E-state index in [1.165, 1.54) is 13.2 Å². The molecule has 0 aliphatic carbocycles. The van der Waals surface area contributed by atoms with Gasteiger partial charge in [0.25, 0.3) is 0 Å². The van der Waals surface area contributed by atoms with Crippen molar-refractivity contribution in [2.75, 3.05) is 14.2 Å². The molecule has 3 N–H and O–H groups in total. The molecule has 0 saturated heterocycles. The standard InChI is InChI=1S/C35H34O7/c1-40-28-17-8-23(9-18-28)10-19-30(38)33-31(39)21-32(41-2)29-20-25(5-3-4-22-6-13-26(36)14-7-22)34(42-35(29)33)24-11-15-27(37)16-12-24/h3-4,6-9,11-18,21,25,34,36-37,39H,5,10,19-20H2,1-2H3. The van der Waals surface area contributed by atoms with E-state index in [2.05, 4.69) is 6.08 Å². The SMILES string of the molecule is COc1ccc(CCC(=O)c2c(O)cc(OC)c3c2OC(c2ccc(O)cc2)C(CC=Cc2ccc(O)cc2)C3)cc1. The normalized spacial score (nSPS) is 16.0. The van der Waals surface area contributed by atoms with Gasteiger partial charge in [-0.2, -0.15) is 0 Å². The summed E-state index contributed by atoms with van der Waals surface area (Å²) in [6, 6.07) is 22.9. The number of Topliss-reactive ketones (excluding diaryl/α,β-unsaturated/α-hetero) is 1. The average Bonchev–Trinajstić information content (AvgIpc) is 3.01. The van der Waals surface area contributed by atoms with E-state index in [4.69, 9.17) is 14.2 Å². The Balaban J connectivity index is 1.46. The summed E-state index contributed by atoms with van der Waals surface area (Å²) in [6.07, 6.45) is 5.49. The second kappa shape index (κ2) is 12.7. The minimum absolute atomic E-state index is 0.0314. The zero-order chi connectivity index (χ0) is 29.6. The molecule has 0 bridgehead atoms. The van der Waals surface area contributed by atoms with E-state index in [1.807, 2.05) is 54.6 Å². The summed E-state index contributed by atoms with van der Waals surface area (Å²) >= 11 is 0. The Bertz CT molecular complexity index is 1560. The minimum Gasteiger partial charge on any atom is -0.508 e. The maximum absolute atomic E-state index is 13.6. The van der Waals surface area contributed by atoms with Crippen molar-refractivity contribution < 1.29 is 34.3 Å². The van der Waals surface area contributed by atoms with Crippen LogP contribution in [0.25, 0.3) is 6.08 Å². The number of hydrogen-bond donors (Lipinski definition) is 3. The largest absolute Gasteiger partial charge is 0.508 e. The summed E-state index contributed by atoms with van der Waals surface area (Å²) in [5, 5.41) is 30.5. The highest BCUT2D eigenvalue weighted by Gasteiger charge is 2.36. The predicted molar refractivity (Wildman–Crippen MR) is 161 cm³/mol. The van der Waals surface area contributed by atoms with Crippen molar-refractivity contribution in [3.63, 3.8) is 0 Å². The van der Waals surface area contributed by atoms with Crippen LogP contribution in [-0.2, 0) is 12.8 Å². The lowest BCUT2D eigenvalue weighted by Crippen LogP contribution is -2.27. The number of benzene rings is 4. The van der Waals surface area contributed by atoms with Gasteiger partial charge in [-0.1, -0.05) is 48.6 Å². The number of carbonyl (C=O) groups excluding carboxylic acids is 1. The zero-order valence-corrected chi connectivity index (χ0v) is 23.6. The van der Waals surface area contributed by atoms with Crippen molar-refractivity contribution in [1.29, 1.82) is 0 Å². The van der Waals surface area contributed by atoms with Crippen LogP contribution in [0.5, 0.6) is 34.5 Å². The third-order valence-electron chi connectivity index (χ3n) is 7.62. The maximum Gasteiger partial charge on any atom is 0.170 e. The second-order valence-electron chi connectivity index (χ2n) is 10.4. The first-order valence-corrected chi connectivity index (χ1v) is 13.9. The maximum atomic E-state index is 13.6. The topological polar surface area (TPSA) is 105 Å². The molecule has 5 rings (SSSR count). The number of ether oxygens (including phenoxy) is 3. The van der Waals surface area contributed by atoms with Gasteiger partial charge in [0.15, 0.2) is 5.78 Å². The van der Waals surface area contributed by atoms with Crippen LogP contribution in [0.4, 0.5) is 0 Å². The van der Waals surface area contributed by atoms with Gasteiger partial charge in [0, 0.05) is 24.0 Å². The number of aromatic hydroxyl groups is 3. The van der Waals surface area contributed by atoms with Crippen LogP contribution >= 0.6 is 0 Å². The second-order valence-corrected chi connectivity index (χ2v) is 10.4. The van der Waals surface area contributed by atoms with E-state index in [1.54, 1.807) is 31.4 Å². The molecule has 7 heteroatoms. The molecule has 1 aliphatic rings. The van der Waals surface area contributed by atoms with Gasteiger partial charge in [0.05, 0.1) is 14.2 Å².